The molecule has 1 saturated heterocycles. The molecule has 0 aliphatic carbocycles. The Morgan fingerprint density at radius 1 is 1.47 bits per heavy atom. The molecule has 0 aromatic carbocycles. The number of nitrogens with one attached hydrogen (secondary N) is 2. The molecule has 4 nitrogen and oxygen atoms in total. The highest BCUT2D eigenvalue weighted by Crippen LogP contribution is 2.21. The second kappa shape index (κ2) is 5.87. The minimum atomic E-state index is 0.373. The lowest BCUT2D eigenvalue weighted by Gasteiger charge is -2.16. The lowest BCUT2D eigenvalue weighted by molar-refractivity contribution is 0.108. The lowest BCUT2D eigenvalue weighted by Crippen LogP contribution is -2.20. The second-order valence-electron chi connectivity index (χ2n) is 4.47. The van der Waals surface area contributed by atoms with E-state index in [0.717, 1.165) is 37.6 Å². The molecule has 0 amide bonds. The monoisotopic (exact) mass is 235 g/mol. The summed E-state index contributed by atoms with van der Waals surface area (Å²) in [4.78, 5) is 4.25. The van der Waals surface area contributed by atoms with Crippen LogP contribution in [0.1, 0.15) is 20.3 Å². The van der Waals surface area contributed by atoms with Crippen molar-refractivity contribution in [1.82, 2.24) is 4.98 Å². The van der Waals surface area contributed by atoms with Crippen LogP contribution in [0.15, 0.2) is 18.3 Å². The maximum atomic E-state index is 5.55. The van der Waals surface area contributed by atoms with Gasteiger partial charge in [0.05, 0.1) is 6.10 Å². The Bertz CT molecular complexity index is 356. The zero-order valence-electron chi connectivity index (χ0n) is 10.6. The van der Waals surface area contributed by atoms with Crippen molar-refractivity contribution < 1.29 is 4.74 Å². The fraction of sp³-hybridized carbons (Fsp3) is 0.615. The van der Waals surface area contributed by atoms with Crippen LogP contribution in [0.2, 0.25) is 0 Å². The topological polar surface area (TPSA) is 46.2 Å². The Balaban J connectivity index is 1.87. The molecule has 17 heavy (non-hydrogen) atoms. The predicted molar refractivity (Wildman–Crippen MR) is 70.4 cm³/mol. The molecule has 0 spiro atoms. The highest BCUT2D eigenvalue weighted by Gasteiger charge is 2.23. The number of anilines is 2. The average molecular weight is 235 g/mol. The number of aromatic nitrogens is 1. The Morgan fingerprint density at radius 2 is 2.35 bits per heavy atom. The molecule has 1 fully saturated rings. The van der Waals surface area contributed by atoms with Crippen molar-refractivity contribution in [1.29, 1.82) is 0 Å². The molecule has 2 heterocycles. The SMILES string of the molecule is CCNc1cc(NCC2CCOC2C)ccn1. The highest BCUT2D eigenvalue weighted by molar-refractivity contribution is 5.51. The van der Waals surface area contributed by atoms with E-state index in [-0.39, 0.29) is 0 Å². The normalized spacial score (nSPS) is 23.6. The van der Waals surface area contributed by atoms with Gasteiger partial charge >= 0.3 is 0 Å². The van der Waals surface area contributed by atoms with Crippen molar-refractivity contribution in [3.63, 3.8) is 0 Å². The van der Waals surface area contributed by atoms with Gasteiger partial charge in [-0.25, -0.2) is 4.98 Å². The van der Waals surface area contributed by atoms with E-state index in [1.54, 1.807) is 0 Å². The molecular formula is C13H21N3O. The van der Waals surface area contributed by atoms with Crippen LogP contribution in [-0.2, 0) is 4.74 Å². The molecule has 2 rings (SSSR count). The van der Waals surface area contributed by atoms with Gasteiger partial charge in [-0.3, -0.25) is 0 Å². The maximum absolute atomic E-state index is 5.55. The van der Waals surface area contributed by atoms with Crippen molar-refractivity contribution in [2.45, 2.75) is 26.4 Å². The summed E-state index contributed by atoms with van der Waals surface area (Å²) in [5.41, 5.74) is 1.12. The van der Waals surface area contributed by atoms with E-state index < -0.39 is 0 Å². The second-order valence-corrected chi connectivity index (χ2v) is 4.47. The Labute approximate surface area is 103 Å². The van der Waals surface area contributed by atoms with Crippen LogP contribution in [-0.4, -0.2) is 30.8 Å². The minimum Gasteiger partial charge on any atom is -0.385 e. The molecule has 4 heteroatoms. The van der Waals surface area contributed by atoms with Crippen LogP contribution >= 0.6 is 0 Å². The average Bonchev–Trinajstić information content (AvgIpc) is 2.73. The first-order valence-electron chi connectivity index (χ1n) is 6.35. The first-order valence-corrected chi connectivity index (χ1v) is 6.35. The Kier molecular flexibility index (Phi) is 4.20. The summed E-state index contributed by atoms with van der Waals surface area (Å²) >= 11 is 0. The van der Waals surface area contributed by atoms with Crippen LogP contribution in [0.3, 0.4) is 0 Å². The van der Waals surface area contributed by atoms with Gasteiger partial charge in [-0.1, -0.05) is 0 Å². The van der Waals surface area contributed by atoms with Crippen LogP contribution < -0.4 is 10.6 Å². The van der Waals surface area contributed by atoms with Crippen LogP contribution in [0, 0.1) is 5.92 Å². The third-order valence-electron chi connectivity index (χ3n) is 3.22. The first-order chi connectivity index (χ1) is 8.29. The van der Waals surface area contributed by atoms with Gasteiger partial charge < -0.3 is 15.4 Å². The lowest BCUT2D eigenvalue weighted by atomic mass is 10.0. The highest BCUT2D eigenvalue weighted by atomic mass is 16.5. The van der Waals surface area contributed by atoms with Crippen LogP contribution in [0.5, 0.6) is 0 Å². The molecule has 2 N–H and O–H groups in total. The third-order valence-corrected chi connectivity index (χ3v) is 3.22. The fourth-order valence-corrected chi connectivity index (χ4v) is 2.11. The smallest absolute Gasteiger partial charge is 0.127 e. The van der Waals surface area contributed by atoms with Crippen molar-refractivity contribution in [2.75, 3.05) is 30.3 Å². The predicted octanol–water partition coefficient (Wildman–Crippen LogP) is 2.35. The van der Waals surface area contributed by atoms with E-state index in [1.807, 2.05) is 18.3 Å². The molecule has 2 unspecified atom stereocenters. The summed E-state index contributed by atoms with van der Waals surface area (Å²) in [7, 11) is 0. The molecule has 1 aromatic heterocycles. The molecule has 2 atom stereocenters. The summed E-state index contributed by atoms with van der Waals surface area (Å²) in [6.45, 7) is 6.97. The number of hydrogen-bond acceptors (Lipinski definition) is 4. The van der Waals surface area contributed by atoms with Crippen LogP contribution in [0.4, 0.5) is 11.5 Å². The van der Waals surface area contributed by atoms with E-state index in [1.165, 1.54) is 0 Å². The molecule has 0 saturated carbocycles. The van der Waals surface area contributed by atoms with Gasteiger partial charge in [0.15, 0.2) is 0 Å². The molecule has 1 aliphatic rings. The van der Waals surface area contributed by atoms with Crippen molar-refractivity contribution >= 4 is 11.5 Å². The number of ether oxygens (including phenoxy) is 1. The zero-order chi connectivity index (χ0) is 12.1. The van der Waals surface area contributed by atoms with Gasteiger partial charge in [0.1, 0.15) is 5.82 Å². The van der Waals surface area contributed by atoms with Crippen LogP contribution in [0.25, 0.3) is 0 Å². The number of hydrogen-bond donors (Lipinski definition) is 2. The van der Waals surface area contributed by atoms with E-state index >= 15 is 0 Å². The summed E-state index contributed by atoms with van der Waals surface area (Å²) in [6.07, 6.45) is 3.35. The number of pyridine rings is 1. The largest absolute Gasteiger partial charge is 0.385 e. The molecule has 0 bridgehead atoms. The van der Waals surface area contributed by atoms with Gasteiger partial charge in [-0.05, 0) is 26.3 Å². The molecule has 94 valence electrons. The summed E-state index contributed by atoms with van der Waals surface area (Å²) < 4.78 is 5.55. The fourth-order valence-electron chi connectivity index (χ4n) is 2.11. The maximum Gasteiger partial charge on any atom is 0.127 e. The van der Waals surface area contributed by atoms with E-state index in [4.69, 9.17) is 4.74 Å². The summed E-state index contributed by atoms with van der Waals surface area (Å²) in [6, 6.07) is 4.05. The Morgan fingerprint density at radius 3 is 3.06 bits per heavy atom. The third kappa shape index (κ3) is 3.33. The quantitative estimate of drug-likeness (QED) is 0.822. The summed E-state index contributed by atoms with van der Waals surface area (Å²) in [5.74, 6) is 1.54. The van der Waals surface area contributed by atoms with Gasteiger partial charge in [-0.2, -0.15) is 0 Å². The van der Waals surface area contributed by atoms with Crippen molar-refractivity contribution in [2.24, 2.45) is 5.92 Å². The molecule has 0 radical (unpaired) electrons. The number of rotatable bonds is 5. The van der Waals surface area contributed by atoms with Gasteiger partial charge in [-0.15, -0.1) is 0 Å². The van der Waals surface area contributed by atoms with Gasteiger partial charge in [0, 0.05) is 43.6 Å². The molecule has 1 aliphatic heterocycles. The molecule has 1 aromatic rings. The van der Waals surface area contributed by atoms with Crippen molar-refractivity contribution in [3.8, 4) is 0 Å². The van der Waals surface area contributed by atoms with E-state index in [2.05, 4.69) is 29.5 Å². The summed E-state index contributed by atoms with van der Waals surface area (Å²) in [5, 5.41) is 6.66. The molecular weight excluding hydrogens is 214 g/mol. The number of nitrogens with zero attached hydrogens (tertiary/aromatic N) is 1. The minimum absolute atomic E-state index is 0.373. The van der Waals surface area contributed by atoms with E-state index in [9.17, 15) is 0 Å². The zero-order valence-corrected chi connectivity index (χ0v) is 10.6. The van der Waals surface area contributed by atoms with E-state index in [0.29, 0.717) is 12.0 Å². The Hall–Kier alpha value is -1.29. The first kappa shape index (κ1) is 12.2. The standard InChI is InChI=1S/C13H21N3O/c1-3-14-13-8-12(4-6-15-13)16-9-11-5-7-17-10(11)2/h4,6,8,10-11H,3,5,7,9H2,1-2H3,(H2,14,15,16). The van der Waals surface area contributed by atoms with Crippen molar-refractivity contribution in [3.05, 3.63) is 18.3 Å². The van der Waals surface area contributed by atoms with Gasteiger partial charge in [0.25, 0.3) is 0 Å². The van der Waals surface area contributed by atoms with Gasteiger partial charge in [0.2, 0.25) is 0 Å².